The molecule has 2 aromatic rings. The van der Waals surface area contributed by atoms with E-state index in [0.29, 0.717) is 54.6 Å². The van der Waals surface area contributed by atoms with Gasteiger partial charge in [-0.05, 0) is 31.5 Å². The summed E-state index contributed by atoms with van der Waals surface area (Å²) in [4.78, 5) is 30.0. The molecule has 9 heteroatoms. The Bertz CT molecular complexity index is 1030. The highest BCUT2D eigenvalue weighted by Gasteiger charge is 2.46. The van der Waals surface area contributed by atoms with Crippen molar-refractivity contribution in [1.29, 1.82) is 0 Å². The van der Waals surface area contributed by atoms with Gasteiger partial charge in [-0.2, -0.15) is 5.10 Å². The number of Topliss-reactive ketones (excluding diaryl/α,β-unsaturated/α-hetero) is 1. The fourth-order valence-corrected chi connectivity index (χ4v) is 4.38. The van der Waals surface area contributed by atoms with Crippen LogP contribution in [0.4, 0.5) is 0 Å². The number of H-pyrrole nitrogens is 1. The number of carbonyl (C=O) groups is 2. The summed E-state index contributed by atoms with van der Waals surface area (Å²) >= 11 is 0. The van der Waals surface area contributed by atoms with Gasteiger partial charge in [0.1, 0.15) is 11.5 Å². The number of aromatic nitrogens is 2. The quantitative estimate of drug-likeness (QED) is 0.401. The number of carbonyl (C=O) groups excluding carboxylic acids is 2. The van der Waals surface area contributed by atoms with Crippen molar-refractivity contribution in [3.05, 3.63) is 52.4 Å². The monoisotopic (exact) mass is 440 g/mol. The van der Waals surface area contributed by atoms with Crippen LogP contribution in [0, 0.1) is 13.8 Å². The molecule has 1 aromatic carbocycles. The maximum atomic E-state index is 13.2. The molecule has 2 saturated heterocycles. The van der Waals surface area contributed by atoms with Crippen LogP contribution in [0.1, 0.15) is 28.6 Å². The molecule has 0 radical (unpaired) electrons. The first-order valence-corrected chi connectivity index (χ1v) is 10.7. The average Bonchev–Trinajstić information content (AvgIpc) is 3.28. The number of morpholine rings is 1. The second-order valence-electron chi connectivity index (χ2n) is 8.03. The van der Waals surface area contributed by atoms with Gasteiger partial charge < -0.3 is 19.5 Å². The predicted octanol–water partition coefficient (Wildman–Crippen LogP) is 1.79. The van der Waals surface area contributed by atoms with Gasteiger partial charge in [0, 0.05) is 31.9 Å². The van der Waals surface area contributed by atoms with E-state index in [9.17, 15) is 14.7 Å². The lowest BCUT2D eigenvalue weighted by Gasteiger charge is -2.31. The van der Waals surface area contributed by atoms with E-state index in [-0.39, 0.29) is 11.3 Å². The number of aromatic amines is 1. The summed E-state index contributed by atoms with van der Waals surface area (Å²) in [6.45, 7) is 7.33. The molecule has 9 nitrogen and oxygen atoms in total. The lowest BCUT2D eigenvalue weighted by molar-refractivity contribution is -0.140. The van der Waals surface area contributed by atoms with Gasteiger partial charge in [-0.15, -0.1) is 0 Å². The van der Waals surface area contributed by atoms with Crippen molar-refractivity contribution in [3.8, 4) is 5.75 Å². The molecule has 1 amide bonds. The number of aliphatic hydroxyl groups is 1. The highest BCUT2D eigenvalue weighted by atomic mass is 16.5. The van der Waals surface area contributed by atoms with Gasteiger partial charge >= 0.3 is 0 Å². The summed E-state index contributed by atoms with van der Waals surface area (Å²) in [7, 11) is 1.56. The Labute approximate surface area is 186 Å². The van der Waals surface area contributed by atoms with Crippen LogP contribution < -0.4 is 4.74 Å². The maximum absolute atomic E-state index is 13.2. The number of amides is 1. The first-order valence-electron chi connectivity index (χ1n) is 10.7. The number of methoxy groups -OCH3 is 1. The minimum Gasteiger partial charge on any atom is -0.507 e. The number of aliphatic hydroxyl groups excluding tert-OH is 1. The molecule has 2 N–H and O–H groups in total. The molecule has 0 spiro atoms. The third kappa shape index (κ3) is 4.01. The molecule has 0 aliphatic carbocycles. The Kier molecular flexibility index (Phi) is 6.29. The van der Waals surface area contributed by atoms with Crippen LogP contribution in [0.15, 0.2) is 29.8 Å². The molecule has 3 heterocycles. The molecule has 2 fully saturated rings. The van der Waals surface area contributed by atoms with Gasteiger partial charge in [0.05, 0.1) is 43.2 Å². The topological polar surface area (TPSA) is 108 Å². The minimum atomic E-state index is -0.722. The van der Waals surface area contributed by atoms with Crippen LogP contribution in [0.25, 0.3) is 5.76 Å². The van der Waals surface area contributed by atoms with Crippen LogP contribution >= 0.6 is 0 Å². The van der Waals surface area contributed by atoms with Gasteiger partial charge in [-0.1, -0.05) is 12.1 Å². The summed E-state index contributed by atoms with van der Waals surface area (Å²) in [6, 6.07) is 6.52. The Balaban J connectivity index is 1.78. The van der Waals surface area contributed by atoms with Crippen molar-refractivity contribution in [1.82, 2.24) is 20.0 Å². The van der Waals surface area contributed by atoms with Gasteiger partial charge in [0.2, 0.25) is 0 Å². The number of rotatable bonds is 6. The van der Waals surface area contributed by atoms with Gasteiger partial charge in [-0.25, -0.2) is 0 Å². The predicted molar refractivity (Wildman–Crippen MR) is 117 cm³/mol. The number of likely N-dealkylation sites (tertiary alicyclic amines) is 1. The first-order chi connectivity index (χ1) is 15.4. The number of benzene rings is 1. The van der Waals surface area contributed by atoms with Gasteiger partial charge in [-0.3, -0.25) is 19.6 Å². The number of ether oxygens (including phenoxy) is 2. The molecular weight excluding hydrogens is 412 g/mol. The SMILES string of the molecule is COc1cccc(C2C(=C(O)c3c(C)n[nH]c3C)C(=O)C(=O)N2CCN2CCOCC2)c1. The van der Waals surface area contributed by atoms with E-state index in [2.05, 4.69) is 15.1 Å². The van der Waals surface area contributed by atoms with Crippen molar-refractivity contribution >= 4 is 17.4 Å². The molecule has 32 heavy (non-hydrogen) atoms. The molecule has 4 rings (SSSR count). The lowest BCUT2D eigenvalue weighted by atomic mass is 9.94. The summed E-state index contributed by atoms with van der Waals surface area (Å²) in [5, 5.41) is 18.2. The number of hydrogen-bond acceptors (Lipinski definition) is 7. The molecule has 0 saturated carbocycles. The molecule has 2 aliphatic rings. The highest BCUT2D eigenvalue weighted by Crippen LogP contribution is 2.40. The molecule has 1 aromatic heterocycles. The Morgan fingerprint density at radius 1 is 1.25 bits per heavy atom. The summed E-state index contributed by atoms with van der Waals surface area (Å²) in [5.41, 5.74) is 2.40. The van der Waals surface area contributed by atoms with Crippen molar-refractivity contribution in [2.45, 2.75) is 19.9 Å². The second kappa shape index (κ2) is 9.13. The van der Waals surface area contributed by atoms with Crippen LogP contribution in [0.3, 0.4) is 0 Å². The molecule has 170 valence electrons. The van der Waals surface area contributed by atoms with Crippen molar-refractivity contribution < 1.29 is 24.2 Å². The second-order valence-corrected chi connectivity index (χ2v) is 8.03. The maximum Gasteiger partial charge on any atom is 0.295 e. The fourth-order valence-electron chi connectivity index (χ4n) is 4.38. The van der Waals surface area contributed by atoms with Crippen molar-refractivity contribution in [3.63, 3.8) is 0 Å². The van der Waals surface area contributed by atoms with E-state index < -0.39 is 17.7 Å². The van der Waals surface area contributed by atoms with E-state index in [1.54, 1.807) is 38.0 Å². The molecule has 1 atom stereocenters. The highest BCUT2D eigenvalue weighted by molar-refractivity contribution is 6.46. The summed E-state index contributed by atoms with van der Waals surface area (Å²) < 4.78 is 10.8. The normalized spacial score (nSPS) is 21.3. The average molecular weight is 441 g/mol. The zero-order valence-electron chi connectivity index (χ0n) is 18.6. The first kappa shape index (κ1) is 22.0. The molecule has 2 aliphatic heterocycles. The fraction of sp³-hybridized carbons (Fsp3) is 0.435. The zero-order valence-corrected chi connectivity index (χ0v) is 18.6. The Morgan fingerprint density at radius 3 is 2.66 bits per heavy atom. The number of ketones is 1. The number of nitrogens with one attached hydrogen (secondary N) is 1. The van der Waals surface area contributed by atoms with Crippen molar-refractivity contribution in [2.24, 2.45) is 0 Å². The van der Waals surface area contributed by atoms with Crippen LogP contribution in [-0.2, 0) is 14.3 Å². The van der Waals surface area contributed by atoms with E-state index >= 15 is 0 Å². The minimum absolute atomic E-state index is 0.0674. The number of hydrogen-bond donors (Lipinski definition) is 2. The van der Waals surface area contributed by atoms with Crippen LogP contribution in [-0.4, -0.2) is 83.3 Å². The summed E-state index contributed by atoms with van der Waals surface area (Å²) in [5.74, 6) is -0.922. The lowest BCUT2D eigenvalue weighted by Crippen LogP contribution is -2.42. The largest absolute Gasteiger partial charge is 0.507 e. The van der Waals surface area contributed by atoms with Crippen LogP contribution in [0.2, 0.25) is 0 Å². The van der Waals surface area contributed by atoms with E-state index in [1.165, 1.54) is 0 Å². The Hall–Kier alpha value is -3.17. The Morgan fingerprint density at radius 2 is 2.00 bits per heavy atom. The smallest absolute Gasteiger partial charge is 0.295 e. The van der Waals surface area contributed by atoms with E-state index in [1.807, 2.05) is 12.1 Å². The van der Waals surface area contributed by atoms with Crippen molar-refractivity contribution in [2.75, 3.05) is 46.5 Å². The third-order valence-corrected chi connectivity index (χ3v) is 6.08. The number of aryl methyl sites for hydroxylation is 2. The van der Waals surface area contributed by atoms with E-state index in [0.717, 1.165) is 13.1 Å². The molecule has 0 bridgehead atoms. The van der Waals surface area contributed by atoms with Gasteiger partial charge in [0.25, 0.3) is 11.7 Å². The van der Waals surface area contributed by atoms with E-state index in [4.69, 9.17) is 9.47 Å². The summed E-state index contributed by atoms with van der Waals surface area (Å²) in [6.07, 6.45) is 0. The molecular formula is C23H28N4O5. The number of nitrogens with zero attached hydrogens (tertiary/aromatic N) is 3. The zero-order chi connectivity index (χ0) is 22.8. The standard InChI is InChI=1S/C23H28N4O5/c1-14-18(15(2)25-24-14)21(28)19-20(16-5-4-6-17(13-16)31-3)27(23(30)22(19)29)8-7-26-9-11-32-12-10-26/h4-6,13,20,28H,7-12H2,1-3H3,(H,24,25). The van der Waals surface area contributed by atoms with Crippen LogP contribution in [0.5, 0.6) is 5.75 Å². The molecule has 1 unspecified atom stereocenters. The van der Waals surface area contributed by atoms with Gasteiger partial charge in [0.15, 0.2) is 0 Å². The third-order valence-electron chi connectivity index (χ3n) is 6.08.